The van der Waals surface area contributed by atoms with Gasteiger partial charge in [-0.25, -0.2) is 0 Å². The van der Waals surface area contributed by atoms with Crippen molar-refractivity contribution in [3.8, 4) is 6.07 Å². The third-order valence-corrected chi connectivity index (χ3v) is 2.26. The van der Waals surface area contributed by atoms with Crippen molar-refractivity contribution in [2.45, 2.75) is 26.2 Å². The number of allylic oxidation sites excluding steroid dienone is 1. The number of carbonyl (C=O) groups is 1. The first-order chi connectivity index (χ1) is 7.72. The summed E-state index contributed by atoms with van der Waals surface area (Å²) >= 11 is 0. The highest BCUT2D eigenvalue weighted by molar-refractivity contribution is 5.75. The first-order valence-corrected chi connectivity index (χ1v) is 5.37. The molecule has 0 radical (unpaired) electrons. The van der Waals surface area contributed by atoms with E-state index in [-0.39, 0.29) is 5.78 Å². The summed E-state index contributed by atoms with van der Waals surface area (Å²) in [5.41, 5.74) is 1.76. The zero-order valence-electron chi connectivity index (χ0n) is 9.44. The summed E-state index contributed by atoms with van der Waals surface area (Å²) in [4.78, 5) is 10.8. The number of carbonyl (C=O) groups excluding carboxylic acids is 1. The quantitative estimate of drug-likeness (QED) is 0.704. The van der Waals surface area contributed by atoms with E-state index in [1.807, 2.05) is 36.4 Å². The van der Waals surface area contributed by atoms with Crippen LogP contribution in [0.2, 0.25) is 0 Å². The van der Waals surface area contributed by atoms with Gasteiger partial charge < -0.3 is 4.79 Å². The Hall–Kier alpha value is -1.88. The molecular formula is C14H15NO. The summed E-state index contributed by atoms with van der Waals surface area (Å²) in [6, 6.07) is 11.9. The predicted molar refractivity (Wildman–Crippen MR) is 64.6 cm³/mol. The highest BCUT2D eigenvalue weighted by atomic mass is 16.1. The molecule has 1 aromatic rings. The molecule has 0 saturated carbocycles. The number of rotatable bonds is 5. The van der Waals surface area contributed by atoms with Crippen LogP contribution < -0.4 is 0 Å². The Bertz CT molecular complexity index is 412. The zero-order chi connectivity index (χ0) is 11.8. The lowest BCUT2D eigenvalue weighted by molar-refractivity contribution is -0.117. The van der Waals surface area contributed by atoms with Crippen molar-refractivity contribution in [1.29, 1.82) is 5.26 Å². The first kappa shape index (κ1) is 12.2. The SMILES string of the molecule is CC(=O)CCC/C(C#N)=C\c1ccccc1. The number of benzene rings is 1. The molecule has 0 unspecified atom stereocenters. The smallest absolute Gasteiger partial charge is 0.129 e. The second kappa shape index (κ2) is 6.58. The lowest BCUT2D eigenvalue weighted by Gasteiger charge is -1.98. The van der Waals surface area contributed by atoms with Gasteiger partial charge in [-0.2, -0.15) is 5.26 Å². The zero-order valence-corrected chi connectivity index (χ0v) is 9.44. The fourth-order valence-corrected chi connectivity index (χ4v) is 1.44. The van der Waals surface area contributed by atoms with Crippen molar-refractivity contribution >= 4 is 11.9 Å². The van der Waals surface area contributed by atoms with E-state index in [1.54, 1.807) is 6.92 Å². The summed E-state index contributed by atoms with van der Waals surface area (Å²) in [5, 5.41) is 8.95. The van der Waals surface area contributed by atoms with Crippen LogP contribution in [-0.4, -0.2) is 5.78 Å². The maximum absolute atomic E-state index is 10.8. The number of hydrogen-bond donors (Lipinski definition) is 0. The molecule has 0 fully saturated rings. The van der Waals surface area contributed by atoms with Gasteiger partial charge in [0.15, 0.2) is 0 Å². The highest BCUT2D eigenvalue weighted by Crippen LogP contribution is 2.12. The van der Waals surface area contributed by atoms with Gasteiger partial charge in [0.25, 0.3) is 0 Å². The van der Waals surface area contributed by atoms with Crippen LogP contribution in [0.25, 0.3) is 6.08 Å². The fraction of sp³-hybridized carbons (Fsp3) is 0.286. The molecule has 0 N–H and O–H groups in total. The number of Topliss-reactive ketones (excluding diaryl/α,β-unsaturated/α-hetero) is 1. The maximum Gasteiger partial charge on any atom is 0.129 e. The van der Waals surface area contributed by atoms with Crippen molar-refractivity contribution in [3.63, 3.8) is 0 Å². The molecule has 16 heavy (non-hydrogen) atoms. The van der Waals surface area contributed by atoms with Crippen molar-refractivity contribution in [2.24, 2.45) is 0 Å². The Labute approximate surface area is 96.2 Å². The number of nitriles is 1. The molecule has 0 aliphatic heterocycles. The van der Waals surface area contributed by atoms with E-state index < -0.39 is 0 Å². The van der Waals surface area contributed by atoms with E-state index in [9.17, 15) is 4.79 Å². The average Bonchev–Trinajstić information content (AvgIpc) is 2.28. The van der Waals surface area contributed by atoms with Crippen molar-refractivity contribution in [2.75, 3.05) is 0 Å². The van der Waals surface area contributed by atoms with Crippen molar-refractivity contribution in [1.82, 2.24) is 0 Å². The van der Waals surface area contributed by atoms with Gasteiger partial charge in [-0.15, -0.1) is 0 Å². The van der Waals surface area contributed by atoms with Gasteiger partial charge in [0.2, 0.25) is 0 Å². The molecule has 0 atom stereocenters. The molecule has 0 aliphatic rings. The molecule has 0 amide bonds. The average molecular weight is 213 g/mol. The highest BCUT2D eigenvalue weighted by Gasteiger charge is 1.98. The summed E-state index contributed by atoms with van der Waals surface area (Å²) in [6.07, 6.45) is 3.85. The standard InChI is InChI=1S/C14H15NO/c1-12(16)6-5-9-14(11-15)10-13-7-3-2-4-8-13/h2-4,7-8,10H,5-6,9H2,1H3/b14-10+. The fourth-order valence-electron chi connectivity index (χ4n) is 1.44. The van der Waals surface area contributed by atoms with Gasteiger partial charge in [-0.05, 0) is 31.4 Å². The summed E-state index contributed by atoms with van der Waals surface area (Å²) in [6.45, 7) is 1.58. The molecule has 0 heterocycles. The molecule has 0 spiro atoms. The minimum atomic E-state index is 0.178. The first-order valence-electron chi connectivity index (χ1n) is 5.37. The maximum atomic E-state index is 10.8. The Morgan fingerprint density at radius 3 is 2.56 bits per heavy atom. The summed E-state index contributed by atoms with van der Waals surface area (Å²) < 4.78 is 0. The molecule has 0 aromatic heterocycles. The van der Waals surface area contributed by atoms with Crippen molar-refractivity contribution < 1.29 is 4.79 Å². The van der Waals surface area contributed by atoms with Crippen LogP contribution in [0.15, 0.2) is 35.9 Å². The van der Waals surface area contributed by atoms with Crippen LogP contribution >= 0.6 is 0 Å². The van der Waals surface area contributed by atoms with E-state index in [2.05, 4.69) is 6.07 Å². The van der Waals surface area contributed by atoms with E-state index in [1.165, 1.54) is 0 Å². The largest absolute Gasteiger partial charge is 0.300 e. The molecular weight excluding hydrogens is 198 g/mol. The Morgan fingerprint density at radius 1 is 1.31 bits per heavy atom. The van der Waals surface area contributed by atoms with Gasteiger partial charge >= 0.3 is 0 Å². The van der Waals surface area contributed by atoms with Gasteiger partial charge in [-0.1, -0.05) is 30.3 Å². The van der Waals surface area contributed by atoms with Gasteiger partial charge in [-0.3, -0.25) is 0 Å². The second-order valence-corrected chi connectivity index (χ2v) is 3.75. The molecule has 0 bridgehead atoms. The molecule has 82 valence electrons. The van der Waals surface area contributed by atoms with Crippen LogP contribution in [0.3, 0.4) is 0 Å². The lowest BCUT2D eigenvalue weighted by Crippen LogP contribution is -1.90. The van der Waals surface area contributed by atoms with Gasteiger partial charge in [0, 0.05) is 12.0 Å². The summed E-state index contributed by atoms with van der Waals surface area (Å²) in [5.74, 6) is 0.178. The van der Waals surface area contributed by atoms with Crippen LogP contribution in [0, 0.1) is 11.3 Å². The number of hydrogen-bond acceptors (Lipinski definition) is 2. The Balaban J connectivity index is 2.58. The van der Waals surface area contributed by atoms with Crippen LogP contribution in [0.5, 0.6) is 0 Å². The lowest BCUT2D eigenvalue weighted by atomic mass is 10.1. The summed E-state index contributed by atoms with van der Waals surface area (Å²) in [7, 11) is 0. The van der Waals surface area contributed by atoms with Gasteiger partial charge in [0.1, 0.15) is 5.78 Å². The van der Waals surface area contributed by atoms with E-state index >= 15 is 0 Å². The number of nitrogens with zero attached hydrogens (tertiary/aromatic N) is 1. The van der Waals surface area contributed by atoms with Crippen LogP contribution in [0.4, 0.5) is 0 Å². The second-order valence-electron chi connectivity index (χ2n) is 3.75. The molecule has 2 nitrogen and oxygen atoms in total. The molecule has 0 saturated heterocycles. The minimum absolute atomic E-state index is 0.178. The molecule has 2 heteroatoms. The van der Waals surface area contributed by atoms with E-state index in [0.717, 1.165) is 17.6 Å². The van der Waals surface area contributed by atoms with Gasteiger partial charge in [0.05, 0.1) is 6.07 Å². The molecule has 1 aromatic carbocycles. The Morgan fingerprint density at radius 2 is 2.00 bits per heavy atom. The molecule has 0 aliphatic carbocycles. The van der Waals surface area contributed by atoms with Crippen LogP contribution in [-0.2, 0) is 4.79 Å². The van der Waals surface area contributed by atoms with E-state index in [4.69, 9.17) is 5.26 Å². The molecule has 1 rings (SSSR count). The normalized spacial score (nSPS) is 10.9. The number of ketones is 1. The topological polar surface area (TPSA) is 40.9 Å². The Kier molecular flexibility index (Phi) is 5.01. The third-order valence-electron chi connectivity index (χ3n) is 2.26. The van der Waals surface area contributed by atoms with Crippen LogP contribution in [0.1, 0.15) is 31.7 Å². The third kappa shape index (κ3) is 4.56. The monoisotopic (exact) mass is 213 g/mol. The van der Waals surface area contributed by atoms with E-state index in [0.29, 0.717) is 12.8 Å². The minimum Gasteiger partial charge on any atom is -0.300 e. The predicted octanol–water partition coefficient (Wildman–Crippen LogP) is 3.35. The van der Waals surface area contributed by atoms with Crippen molar-refractivity contribution in [3.05, 3.63) is 41.5 Å².